The molecule has 1 aliphatic heterocycles. The Morgan fingerprint density at radius 3 is 2.52 bits per heavy atom. The van der Waals surface area contributed by atoms with E-state index >= 15 is 0 Å². The molecule has 2 aliphatic rings. The number of H-pyrrole nitrogens is 1. The standard InChI is InChI=1S/C17H24N4O4/c1-25-12-17(4-2-5-17)16(24)21-7-3-6-20(8-9-21)15(23)13-10-18-11-14(22)19-13/h10-11H,2-9,12H2,1H3,(H,19,22). The number of aromatic amines is 1. The molecule has 8 heteroatoms. The third kappa shape index (κ3) is 3.58. The summed E-state index contributed by atoms with van der Waals surface area (Å²) < 4.78 is 5.27. The van der Waals surface area contributed by atoms with Crippen LogP contribution in [0.25, 0.3) is 0 Å². The van der Waals surface area contributed by atoms with E-state index in [4.69, 9.17) is 4.74 Å². The lowest BCUT2D eigenvalue weighted by Gasteiger charge is -2.42. The lowest BCUT2D eigenvalue weighted by Crippen LogP contribution is -2.51. The highest BCUT2D eigenvalue weighted by Crippen LogP contribution is 2.42. The number of aromatic nitrogens is 2. The van der Waals surface area contributed by atoms with E-state index in [0.29, 0.717) is 39.2 Å². The number of carbonyl (C=O) groups is 2. The average molecular weight is 348 g/mol. The van der Waals surface area contributed by atoms with Gasteiger partial charge in [0.2, 0.25) is 5.91 Å². The van der Waals surface area contributed by atoms with Gasteiger partial charge in [-0.15, -0.1) is 0 Å². The summed E-state index contributed by atoms with van der Waals surface area (Å²) in [5.41, 5.74) is -0.589. The largest absolute Gasteiger partial charge is 0.384 e. The molecule has 25 heavy (non-hydrogen) atoms. The Labute approximate surface area is 146 Å². The van der Waals surface area contributed by atoms with Crippen molar-refractivity contribution in [3.63, 3.8) is 0 Å². The second-order valence-electron chi connectivity index (χ2n) is 6.82. The van der Waals surface area contributed by atoms with Crippen molar-refractivity contribution in [1.29, 1.82) is 0 Å². The summed E-state index contributed by atoms with van der Waals surface area (Å²) >= 11 is 0. The van der Waals surface area contributed by atoms with Crippen LogP contribution in [0.2, 0.25) is 0 Å². The zero-order valence-corrected chi connectivity index (χ0v) is 14.5. The van der Waals surface area contributed by atoms with E-state index in [0.717, 1.165) is 25.5 Å². The topological polar surface area (TPSA) is 95.6 Å². The van der Waals surface area contributed by atoms with Gasteiger partial charge in [-0.3, -0.25) is 19.4 Å². The molecular formula is C17H24N4O4. The Balaban J connectivity index is 1.65. The lowest BCUT2D eigenvalue weighted by molar-refractivity contribution is -0.152. The number of hydrogen-bond acceptors (Lipinski definition) is 5. The van der Waals surface area contributed by atoms with Crippen LogP contribution in [-0.4, -0.2) is 71.5 Å². The highest BCUT2D eigenvalue weighted by Gasteiger charge is 2.46. The molecule has 0 bridgehead atoms. The van der Waals surface area contributed by atoms with Crippen molar-refractivity contribution in [2.45, 2.75) is 25.7 Å². The molecule has 8 nitrogen and oxygen atoms in total. The molecular weight excluding hydrogens is 324 g/mol. The smallest absolute Gasteiger partial charge is 0.272 e. The fourth-order valence-corrected chi connectivity index (χ4v) is 3.61. The monoisotopic (exact) mass is 348 g/mol. The molecule has 2 fully saturated rings. The van der Waals surface area contributed by atoms with E-state index < -0.39 is 5.56 Å². The van der Waals surface area contributed by atoms with Crippen LogP contribution in [0.5, 0.6) is 0 Å². The molecule has 0 radical (unpaired) electrons. The maximum absolute atomic E-state index is 12.9. The van der Waals surface area contributed by atoms with Gasteiger partial charge in [0, 0.05) is 33.3 Å². The van der Waals surface area contributed by atoms with Crippen molar-refractivity contribution < 1.29 is 14.3 Å². The van der Waals surface area contributed by atoms with E-state index in [2.05, 4.69) is 9.97 Å². The molecule has 3 rings (SSSR count). The van der Waals surface area contributed by atoms with Gasteiger partial charge in [0.15, 0.2) is 0 Å². The SMILES string of the molecule is COCC1(C(=O)N2CCCN(C(=O)c3cncc(=O)[nH]3)CC2)CCC1. The first-order chi connectivity index (χ1) is 12.1. The normalized spacial score (nSPS) is 19.9. The Hall–Kier alpha value is -2.22. The maximum Gasteiger partial charge on any atom is 0.272 e. The number of rotatable bonds is 4. The highest BCUT2D eigenvalue weighted by atomic mass is 16.5. The molecule has 0 aromatic carbocycles. The van der Waals surface area contributed by atoms with Crippen molar-refractivity contribution in [1.82, 2.24) is 19.8 Å². The van der Waals surface area contributed by atoms with Crippen molar-refractivity contribution in [3.05, 3.63) is 28.4 Å². The van der Waals surface area contributed by atoms with Crippen molar-refractivity contribution in [3.8, 4) is 0 Å². The molecule has 0 spiro atoms. The first kappa shape index (κ1) is 17.6. The van der Waals surface area contributed by atoms with Gasteiger partial charge in [-0.05, 0) is 19.3 Å². The van der Waals surface area contributed by atoms with E-state index in [1.807, 2.05) is 4.90 Å². The predicted octanol–water partition coefficient (Wildman–Crippen LogP) is 0.261. The Kier molecular flexibility index (Phi) is 5.17. The maximum atomic E-state index is 12.9. The number of methoxy groups -OCH3 is 1. The van der Waals surface area contributed by atoms with Crippen LogP contribution in [0.1, 0.15) is 36.2 Å². The molecule has 1 aromatic rings. The summed E-state index contributed by atoms with van der Waals surface area (Å²) in [6.45, 7) is 2.60. The van der Waals surface area contributed by atoms with E-state index in [1.165, 1.54) is 6.20 Å². The number of ether oxygens (including phenoxy) is 1. The predicted molar refractivity (Wildman–Crippen MR) is 90.1 cm³/mol. The van der Waals surface area contributed by atoms with Crippen molar-refractivity contribution in [2.75, 3.05) is 39.9 Å². The highest BCUT2D eigenvalue weighted by molar-refractivity contribution is 5.92. The van der Waals surface area contributed by atoms with Crippen LogP contribution in [0, 0.1) is 5.41 Å². The van der Waals surface area contributed by atoms with Crippen LogP contribution < -0.4 is 5.56 Å². The molecule has 0 atom stereocenters. The fraction of sp³-hybridized carbons (Fsp3) is 0.647. The van der Waals surface area contributed by atoms with Crippen LogP contribution in [-0.2, 0) is 9.53 Å². The molecule has 1 saturated carbocycles. The van der Waals surface area contributed by atoms with Crippen molar-refractivity contribution >= 4 is 11.8 Å². The van der Waals surface area contributed by atoms with Crippen LogP contribution in [0.4, 0.5) is 0 Å². The number of carbonyl (C=O) groups excluding carboxylic acids is 2. The number of nitrogens with zero attached hydrogens (tertiary/aromatic N) is 3. The minimum absolute atomic E-state index is 0.143. The molecule has 1 saturated heterocycles. The lowest BCUT2D eigenvalue weighted by atomic mass is 9.68. The Bertz CT molecular complexity index is 698. The molecule has 2 amide bonds. The quantitative estimate of drug-likeness (QED) is 0.842. The first-order valence-corrected chi connectivity index (χ1v) is 8.68. The molecule has 1 N–H and O–H groups in total. The number of amides is 2. The van der Waals surface area contributed by atoms with Gasteiger partial charge in [-0.2, -0.15) is 0 Å². The second kappa shape index (κ2) is 7.35. The molecule has 136 valence electrons. The zero-order chi connectivity index (χ0) is 17.9. The summed E-state index contributed by atoms with van der Waals surface area (Å²) in [5, 5.41) is 0. The van der Waals surface area contributed by atoms with E-state index in [9.17, 15) is 14.4 Å². The zero-order valence-electron chi connectivity index (χ0n) is 14.5. The Morgan fingerprint density at radius 2 is 1.88 bits per heavy atom. The first-order valence-electron chi connectivity index (χ1n) is 8.68. The van der Waals surface area contributed by atoms with Gasteiger partial charge >= 0.3 is 0 Å². The van der Waals surface area contributed by atoms with E-state index in [1.54, 1.807) is 12.0 Å². The van der Waals surface area contributed by atoms with Crippen LogP contribution in [0.3, 0.4) is 0 Å². The van der Waals surface area contributed by atoms with Gasteiger partial charge < -0.3 is 19.5 Å². The summed E-state index contributed by atoms with van der Waals surface area (Å²) in [6.07, 6.45) is 6.01. The summed E-state index contributed by atoms with van der Waals surface area (Å²) in [4.78, 5) is 46.6. The fourth-order valence-electron chi connectivity index (χ4n) is 3.61. The number of hydrogen-bond donors (Lipinski definition) is 1. The van der Waals surface area contributed by atoms with Gasteiger partial charge in [-0.25, -0.2) is 0 Å². The van der Waals surface area contributed by atoms with Gasteiger partial charge in [-0.1, -0.05) is 6.42 Å². The third-order valence-corrected chi connectivity index (χ3v) is 5.14. The molecule has 0 unspecified atom stereocenters. The van der Waals surface area contributed by atoms with Gasteiger partial charge in [0.1, 0.15) is 5.69 Å². The minimum atomic E-state index is -0.399. The minimum Gasteiger partial charge on any atom is -0.384 e. The van der Waals surface area contributed by atoms with Crippen LogP contribution in [0.15, 0.2) is 17.2 Å². The average Bonchev–Trinajstić information content (AvgIpc) is 2.83. The third-order valence-electron chi connectivity index (χ3n) is 5.14. The molecule has 1 aliphatic carbocycles. The molecule has 2 heterocycles. The van der Waals surface area contributed by atoms with E-state index in [-0.39, 0.29) is 22.9 Å². The van der Waals surface area contributed by atoms with Crippen LogP contribution >= 0.6 is 0 Å². The molecule has 1 aromatic heterocycles. The van der Waals surface area contributed by atoms with Crippen molar-refractivity contribution in [2.24, 2.45) is 5.41 Å². The van der Waals surface area contributed by atoms with Gasteiger partial charge in [0.25, 0.3) is 11.5 Å². The second-order valence-corrected chi connectivity index (χ2v) is 6.82. The summed E-state index contributed by atoms with van der Waals surface area (Å²) in [6, 6.07) is 0. The number of nitrogens with one attached hydrogen (secondary N) is 1. The van der Waals surface area contributed by atoms with Gasteiger partial charge in [0.05, 0.1) is 24.4 Å². The Morgan fingerprint density at radius 1 is 1.16 bits per heavy atom. The summed E-state index contributed by atoms with van der Waals surface area (Å²) in [7, 11) is 1.63. The summed E-state index contributed by atoms with van der Waals surface area (Å²) in [5.74, 6) is -0.112.